The highest BCUT2D eigenvalue weighted by Crippen LogP contribution is 2.28. The van der Waals surface area contributed by atoms with E-state index in [9.17, 15) is 9.59 Å². The molecule has 2 amide bonds. The Morgan fingerprint density at radius 3 is 2.95 bits per heavy atom. The molecule has 0 aromatic heterocycles. The molecule has 5 nitrogen and oxygen atoms in total. The normalized spacial score (nSPS) is 22.2. The average molecular weight is 340 g/mol. The summed E-state index contributed by atoms with van der Waals surface area (Å²) in [7, 11) is 0. The number of amides is 2. The number of nitrogens with one attached hydrogen (secondary N) is 1. The minimum absolute atomic E-state index is 0.0118. The van der Waals surface area contributed by atoms with Crippen molar-refractivity contribution in [2.24, 2.45) is 0 Å². The van der Waals surface area contributed by atoms with Crippen LogP contribution in [0.15, 0.2) is 24.3 Å². The lowest BCUT2D eigenvalue weighted by molar-refractivity contribution is -0.140. The minimum Gasteiger partial charge on any atom is -0.331 e. The molecule has 2 aliphatic heterocycles. The number of benzene rings is 1. The SMILES string of the molecule is O=C1CSCN1CC(=O)N1CCNCC1c1ccccc1Cl. The lowest BCUT2D eigenvalue weighted by Crippen LogP contribution is -2.51. The predicted octanol–water partition coefficient (Wildman–Crippen LogP) is 1.35. The van der Waals surface area contributed by atoms with Gasteiger partial charge in [-0.05, 0) is 11.6 Å². The molecule has 2 saturated heterocycles. The van der Waals surface area contributed by atoms with Gasteiger partial charge in [-0.3, -0.25) is 9.59 Å². The van der Waals surface area contributed by atoms with Crippen LogP contribution in [0.25, 0.3) is 0 Å². The zero-order chi connectivity index (χ0) is 15.5. The summed E-state index contributed by atoms with van der Waals surface area (Å²) >= 11 is 7.84. The van der Waals surface area contributed by atoms with E-state index in [4.69, 9.17) is 11.6 Å². The number of carbonyl (C=O) groups is 2. The summed E-state index contributed by atoms with van der Waals surface area (Å²) in [6, 6.07) is 7.53. The molecule has 1 N–H and O–H groups in total. The quantitative estimate of drug-likeness (QED) is 0.903. The predicted molar refractivity (Wildman–Crippen MR) is 87.8 cm³/mol. The zero-order valence-corrected chi connectivity index (χ0v) is 13.7. The molecule has 2 heterocycles. The van der Waals surface area contributed by atoms with Crippen LogP contribution in [0, 0.1) is 0 Å². The molecule has 0 saturated carbocycles. The number of piperazine rings is 1. The number of carbonyl (C=O) groups excluding carboxylic acids is 2. The standard InChI is InChI=1S/C15H18ClN3O2S/c16-12-4-2-1-3-11(12)13-7-17-5-6-19(13)14(20)8-18-10-22-9-15(18)21/h1-4,13,17H,5-10H2. The Kier molecular flexibility index (Phi) is 4.90. The molecule has 118 valence electrons. The number of nitrogens with zero attached hydrogens (tertiary/aromatic N) is 2. The number of hydrogen-bond acceptors (Lipinski definition) is 4. The summed E-state index contributed by atoms with van der Waals surface area (Å²) < 4.78 is 0. The average Bonchev–Trinajstić information content (AvgIpc) is 2.93. The van der Waals surface area contributed by atoms with E-state index in [1.165, 1.54) is 0 Å². The van der Waals surface area contributed by atoms with E-state index >= 15 is 0 Å². The minimum atomic E-state index is -0.0830. The lowest BCUT2D eigenvalue weighted by atomic mass is 10.0. The van der Waals surface area contributed by atoms with Crippen LogP contribution in [-0.2, 0) is 9.59 Å². The van der Waals surface area contributed by atoms with Crippen LogP contribution in [-0.4, -0.2) is 59.4 Å². The summed E-state index contributed by atoms with van der Waals surface area (Å²) in [4.78, 5) is 27.8. The molecule has 0 aliphatic carbocycles. The first kappa shape index (κ1) is 15.6. The van der Waals surface area contributed by atoms with Crippen molar-refractivity contribution in [2.75, 3.05) is 37.8 Å². The van der Waals surface area contributed by atoms with E-state index in [0.717, 1.165) is 12.1 Å². The van der Waals surface area contributed by atoms with Gasteiger partial charge in [0.15, 0.2) is 0 Å². The second kappa shape index (κ2) is 6.89. The molecule has 1 atom stereocenters. The maximum atomic E-state index is 12.6. The van der Waals surface area contributed by atoms with E-state index in [0.29, 0.717) is 29.7 Å². The molecule has 3 rings (SSSR count). The molecule has 7 heteroatoms. The van der Waals surface area contributed by atoms with Crippen molar-refractivity contribution in [1.29, 1.82) is 0 Å². The van der Waals surface area contributed by atoms with Gasteiger partial charge in [-0.2, -0.15) is 0 Å². The first-order valence-electron chi connectivity index (χ1n) is 7.27. The van der Waals surface area contributed by atoms with Crippen LogP contribution in [0.3, 0.4) is 0 Å². The largest absolute Gasteiger partial charge is 0.331 e. The maximum absolute atomic E-state index is 12.6. The topological polar surface area (TPSA) is 52.7 Å². The van der Waals surface area contributed by atoms with E-state index in [-0.39, 0.29) is 24.4 Å². The Morgan fingerprint density at radius 2 is 2.23 bits per heavy atom. The van der Waals surface area contributed by atoms with Gasteiger partial charge in [-0.25, -0.2) is 0 Å². The van der Waals surface area contributed by atoms with Gasteiger partial charge in [-0.15, -0.1) is 11.8 Å². The van der Waals surface area contributed by atoms with Gasteiger partial charge in [0.25, 0.3) is 0 Å². The summed E-state index contributed by atoms with van der Waals surface area (Å²) in [5.74, 6) is 1.11. The van der Waals surface area contributed by atoms with Crippen LogP contribution in [0.4, 0.5) is 0 Å². The molecule has 0 spiro atoms. The van der Waals surface area contributed by atoms with Gasteiger partial charge in [-0.1, -0.05) is 29.8 Å². The second-order valence-electron chi connectivity index (χ2n) is 5.40. The summed E-state index contributed by atoms with van der Waals surface area (Å²) in [5, 5.41) is 3.98. The molecule has 2 aliphatic rings. The van der Waals surface area contributed by atoms with Crippen molar-refractivity contribution in [1.82, 2.24) is 15.1 Å². The third-order valence-corrected chi connectivity index (χ3v) is 5.27. The fourth-order valence-corrected chi connectivity index (χ4v) is 3.99. The summed E-state index contributed by atoms with van der Waals surface area (Å²) in [5.41, 5.74) is 0.951. The van der Waals surface area contributed by atoms with Gasteiger partial charge in [0.05, 0.1) is 17.7 Å². The highest BCUT2D eigenvalue weighted by atomic mass is 35.5. The third kappa shape index (κ3) is 3.24. The first-order chi connectivity index (χ1) is 10.7. The molecule has 1 aromatic rings. The Morgan fingerprint density at radius 1 is 1.41 bits per heavy atom. The van der Waals surface area contributed by atoms with Gasteiger partial charge in [0.1, 0.15) is 6.54 Å². The molecule has 1 aromatic carbocycles. The van der Waals surface area contributed by atoms with E-state index in [1.54, 1.807) is 16.7 Å². The Balaban J connectivity index is 1.76. The van der Waals surface area contributed by atoms with Gasteiger partial charge < -0.3 is 15.1 Å². The molecular formula is C15H18ClN3O2S. The number of halogens is 1. The van der Waals surface area contributed by atoms with Gasteiger partial charge >= 0.3 is 0 Å². The van der Waals surface area contributed by atoms with E-state index < -0.39 is 0 Å². The van der Waals surface area contributed by atoms with Crippen molar-refractivity contribution in [3.8, 4) is 0 Å². The van der Waals surface area contributed by atoms with Gasteiger partial charge in [0.2, 0.25) is 11.8 Å². The maximum Gasteiger partial charge on any atom is 0.242 e. The van der Waals surface area contributed by atoms with Crippen LogP contribution in [0.5, 0.6) is 0 Å². The highest BCUT2D eigenvalue weighted by Gasteiger charge is 2.31. The second-order valence-corrected chi connectivity index (χ2v) is 6.76. The fourth-order valence-electron chi connectivity index (χ4n) is 2.82. The van der Waals surface area contributed by atoms with E-state index in [1.807, 2.05) is 29.2 Å². The van der Waals surface area contributed by atoms with Crippen molar-refractivity contribution >= 4 is 35.2 Å². The molecular weight excluding hydrogens is 322 g/mol. The van der Waals surface area contributed by atoms with Crippen LogP contribution in [0.2, 0.25) is 5.02 Å². The van der Waals surface area contributed by atoms with Crippen molar-refractivity contribution < 1.29 is 9.59 Å². The third-order valence-electron chi connectivity index (χ3n) is 3.98. The van der Waals surface area contributed by atoms with Crippen molar-refractivity contribution in [3.63, 3.8) is 0 Å². The number of rotatable bonds is 3. The van der Waals surface area contributed by atoms with Crippen molar-refractivity contribution in [3.05, 3.63) is 34.9 Å². The molecule has 22 heavy (non-hydrogen) atoms. The monoisotopic (exact) mass is 339 g/mol. The van der Waals surface area contributed by atoms with Gasteiger partial charge in [0, 0.05) is 24.7 Å². The summed E-state index contributed by atoms with van der Waals surface area (Å²) in [6.07, 6.45) is 0. The number of thioether (sulfide) groups is 1. The molecule has 0 radical (unpaired) electrons. The summed E-state index contributed by atoms with van der Waals surface area (Å²) in [6.45, 7) is 2.23. The lowest BCUT2D eigenvalue weighted by Gasteiger charge is -2.37. The molecule has 1 unspecified atom stereocenters. The Labute approximate surface area is 139 Å². The molecule has 2 fully saturated rings. The van der Waals surface area contributed by atoms with Crippen molar-refractivity contribution in [2.45, 2.75) is 6.04 Å². The smallest absolute Gasteiger partial charge is 0.242 e. The molecule has 0 bridgehead atoms. The Bertz CT molecular complexity index is 584. The van der Waals surface area contributed by atoms with Crippen LogP contribution >= 0.6 is 23.4 Å². The van der Waals surface area contributed by atoms with Crippen LogP contribution in [0.1, 0.15) is 11.6 Å². The fraction of sp³-hybridized carbons (Fsp3) is 0.467. The van der Waals surface area contributed by atoms with Crippen LogP contribution < -0.4 is 5.32 Å². The first-order valence-corrected chi connectivity index (χ1v) is 8.80. The zero-order valence-electron chi connectivity index (χ0n) is 12.1. The number of hydrogen-bond donors (Lipinski definition) is 1. The van der Waals surface area contributed by atoms with E-state index in [2.05, 4.69) is 5.32 Å². The Hall–Kier alpha value is -1.24. The highest BCUT2D eigenvalue weighted by molar-refractivity contribution is 8.00.